The number of benzene rings is 2. The number of morpholine rings is 1. The molecule has 0 atom stereocenters. The summed E-state index contributed by atoms with van der Waals surface area (Å²) in [6.45, 7) is 4.90. The van der Waals surface area contributed by atoms with Crippen LogP contribution in [0, 0.1) is 6.92 Å². The Morgan fingerprint density at radius 2 is 1.60 bits per heavy atom. The Labute approximate surface area is 176 Å². The van der Waals surface area contributed by atoms with Crippen molar-refractivity contribution in [2.45, 2.75) is 11.8 Å². The van der Waals surface area contributed by atoms with Crippen LogP contribution in [0.5, 0.6) is 0 Å². The minimum Gasteiger partial charge on any atom is -0.378 e. The number of anilines is 4. The number of ether oxygens (including phenoxy) is 1. The summed E-state index contributed by atoms with van der Waals surface area (Å²) in [7, 11) is -3.62. The fourth-order valence-corrected chi connectivity index (χ4v) is 4.21. The lowest BCUT2D eigenvalue weighted by Gasteiger charge is -2.28. The summed E-state index contributed by atoms with van der Waals surface area (Å²) in [5, 5.41) is 3.19. The van der Waals surface area contributed by atoms with Gasteiger partial charge >= 0.3 is 0 Å². The molecule has 2 N–H and O–H groups in total. The van der Waals surface area contributed by atoms with Crippen LogP contribution >= 0.6 is 0 Å². The molecule has 1 fully saturated rings. The molecular formula is C21H23N5O3S. The van der Waals surface area contributed by atoms with Gasteiger partial charge in [0.25, 0.3) is 10.0 Å². The first-order chi connectivity index (χ1) is 14.5. The molecule has 0 radical (unpaired) electrons. The van der Waals surface area contributed by atoms with Crippen LogP contribution < -0.4 is 14.9 Å². The highest BCUT2D eigenvalue weighted by atomic mass is 32.2. The maximum Gasteiger partial charge on any atom is 0.261 e. The molecule has 1 saturated heterocycles. The topological polar surface area (TPSA) is 96.5 Å². The number of sulfonamides is 1. The molecule has 0 amide bonds. The third-order valence-corrected chi connectivity index (χ3v) is 6.02. The minimum atomic E-state index is -3.62. The highest BCUT2D eigenvalue weighted by Crippen LogP contribution is 2.22. The molecule has 0 aliphatic carbocycles. The van der Waals surface area contributed by atoms with Crippen molar-refractivity contribution >= 4 is 33.2 Å². The van der Waals surface area contributed by atoms with Crippen LogP contribution in [0.15, 0.2) is 65.6 Å². The number of nitrogens with one attached hydrogen (secondary N) is 2. The lowest BCUT2D eigenvalue weighted by atomic mass is 10.3. The van der Waals surface area contributed by atoms with Crippen molar-refractivity contribution in [3.8, 4) is 0 Å². The molecule has 156 valence electrons. The lowest BCUT2D eigenvalue weighted by Crippen LogP contribution is -2.36. The van der Waals surface area contributed by atoms with Crippen molar-refractivity contribution in [1.82, 2.24) is 9.97 Å². The van der Waals surface area contributed by atoms with Gasteiger partial charge in [-0.3, -0.25) is 4.72 Å². The molecule has 1 aliphatic rings. The van der Waals surface area contributed by atoms with Gasteiger partial charge in [-0.15, -0.1) is 0 Å². The molecule has 2 aromatic carbocycles. The van der Waals surface area contributed by atoms with Gasteiger partial charge in [-0.25, -0.2) is 13.4 Å². The van der Waals surface area contributed by atoms with E-state index in [4.69, 9.17) is 4.74 Å². The van der Waals surface area contributed by atoms with E-state index in [-0.39, 0.29) is 4.90 Å². The smallest absolute Gasteiger partial charge is 0.261 e. The average Bonchev–Trinajstić information content (AvgIpc) is 2.76. The van der Waals surface area contributed by atoms with E-state index in [9.17, 15) is 8.42 Å². The van der Waals surface area contributed by atoms with Gasteiger partial charge in [0.1, 0.15) is 5.82 Å². The predicted molar refractivity (Wildman–Crippen MR) is 117 cm³/mol. The van der Waals surface area contributed by atoms with Crippen LogP contribution in [0.3, 0.4) is 0 Å². The van der Waals surface area contributed by atoms with E-state index < -0.39 is 10.0 Å². The third-order valence-electron chi connectivity index (χ3n) is 4.62. The van der Waals surface area contributed by atoms with Crippen molar-refractivity contribution in [3.05, 3.63) is 66.4 Å². The van der Waals surface area contributed by atoms with E-state index in [0.717, 1.165) is 30.3 Å². The molecule has 4 rings (SSSR count). The zero-order valence-corrected chi connectivity index (χ0v) is 17.4. The number of aromatic nitrogens is 2. The standard InChI is InChI=1S/C21H23N5O3S/c1-16-15-20(26-11-13-29-14-12-26)24-21(22-16)23-17-7-9-18(10-8-17)25-30(27,28)19-5-3-2-4-6-19/h2-10,15,25H,11-14H2,1H3,(H,22,23,24). The maximum absolute atomic E-state index is 12.4. The third kappa shape index (κ3) is 4.87. The number of rotatable bonds is 6. The van der Waals surface area contributed by atoms with E-state index in [1.54, 1.807) is 54.6 Å². The molecular weight excluding hydrogens is 402 g/mol. The van der Waals surface area contributed by atoms with Crippen LogP contribution in [-0.4, -0.2) is 44.7 Å². The molecule has 0 bridgehead atoms. The first-order valence-electron chi connectivity index (χ1n) is 9.63. The van der Waals surface area contributed by atoms with E-state index in [2.05, 4.69) is 24.9 Å². The Balaban J connectivity index is 1.47. The summed E-state index contributed by atoms with van der Waals surface area (Å²) in [6.07, 6.45) is 0. The second-order valence-corrected chi connectivity index (χ2v) is 8.59. The number of aryl methyl sites for hydroxylation is 1. The first kappa shape index (κ1) is 20.1. The van der Waals surface area contributed by atoms with Gasteiger partial charge in [0, 0.05) is 36.2 Å². The van der Waals surface area contributed by atoms with Crippen LogP contribution in [0.2, 0.25) is 0 Å². The van der Waals surface area contributed by atoms with Gasteiger partial charge in [-0.1, -0.05) is 18.2 Å². The zero-order chi connectivity index (χ0) is 21.0. The SMILES string of the molecule is Cc1cc(N2CCOCC2)nc(Nc2ccc(NS(=O)(=O)c3ccccc3)cc2)n1. The van der Waals surface area contributed by atoms with E-state index in [0.29, 0.717) is 24.8 Å². The van der Waals surface area contributed by atoms with E-state index in [1.165, 1.54) is 0 Å². The maximum atomic E-state index is 12.4. The van der Waals surface area contributed by atoms with Gasteiger partial charge in [-0.2, -0.15) is 4.98 Å². The van der Waals surface area contributed by atoms with E-state index in [1.807, 2.05) is 13.0 Å². The molecule has 30 heavy (non-hydrogen) atoms. The van der Waals surface area contributed by atoms with Crippen LogP contribution in [0.1, 0.15) is 5.69 Å². The van der Waals surface area contributed by atoms with Gasteiger partial charge in [0.2, 0.25) is 5.95 Å². The fourth-order valence-electron chi connectivity index (χ4n) is 3.13. The lowest BCUT2D eigenvalue weighted by molar-refractivity contribution is 0.122. The second-order valence-electron chi connectivity index (χ2n) is 6.91. The fraction of sp³-hybridized carbons (Fsp3) is 0.238. The Bertz CT molecular complexity index is 1100. The summed E-state index contributed by atoms with van der Waals surface area (Å²) in [4.78, 5) is 11.5. The molecule has 1 aromatic heterocycles. The Kier molecular flexibility index (Phi) is 5.82. The molecule has 1 aliphatic heterocycles. The molecule has 0 spiro atoms. The quantitative estimate of drug-likeness (QED) is 0.626. The summed E-state index contributed by atoms with van der Waals surface area (Å²) < 4.78 is 32.9. The number of hydrogen-bond acceptors (Lipinski definition) is 7. The number of hydrogen-bond donors (Lipinski definition) is 2. The Hall–Kier alpha value is -3.17. The second kappa shape index (κ2) is 8.68. The monoisotopic (exact) mass is 425 g/mol. The zero-order valence-electron chi connectivity index (χ0n) is 16.6. The minimum absolute atomic E-state index is 0.219. The predicted octanol–water partition coefficient (Wildman–Crippen LogP) is 3.17. The molecule has 8 nitrogen and oxygen atoms in total. The van der Waals surface area contributed by atoms with Gasteiger partial charge in [0.15, 0.2) is 0 Å². The summed E-state index contributed by atoms with van der Waals surface area (Å²) in [5.41, 5.74) is 2.10. The molecule has 3 aromatic rings. The molecule has 0 saturated carbocycles. The number of nitrogens with zero attached hydrogens (tertiary/aromatic N) is 3. The van der Waals surface area contributed by atoms with Crippen molar-refractivity contribution in [2.75, 3.05) is 41.2 Å². The Morgan fingerprint density at radius 1 is 0.933 bits per heavy atom. The molecule has 0 unspecified atom stereocenters. The van der Waals surface area contributed by atoms with Gasteiger partial charge in [-0.05, 0) is 43.3 Å². The van der Waals surface area contributed by atoms with E-state index >= 15 is 0 Å². The van der Waals surface area contributed by atoms with Crippen molar-refractivity contribution < 1.29 is 13.2 Å². The summed E-state index contributed by atoms with van der Waals surface area (Å²) in [5.74, 6) is 1.36. The van der Waals surface area contributed by atoms with Crippen LogP contribution in [0.4, 0.5) is 23.1 Å². The van der Waals surface area contributed by atoms with Crippen LogP contribution in [0.25, 0.3) is 0 Å². The molecule has 2 heterocycles. The highest BCUT2D eigenvalue weighted by molar-refractivity contribution is 7.92. The van der Waals surface area contributed by atoms with Gasteiger partial charge in [0.05, 0.1) is 18.1 Å². The van der Waals surface area contributed by atoms with Gasteiger partial charge < -0.3 is 15.0 Å². The van der Waals surface area contributed by atoms with Crippen molar-refractivity contribution in [2.24, 2.45) is 0 Å². The largest absolute Gasteiger partial charge is 0.378 e. The van der Waals surface area contributed by atoms with Crippen LogP contribution in [-0.2, 0) is 14.8 Å². The normalized spacial score (nSPS) is 14.4. The summed E-state index contributed by atoms with van der Waals surface area (Å²) in [6, 6.07) is 17.2. The summed E-state index contributed by atoms with van der Waals surface area (Å²) >= 11 is 0. The van der Waals surface area contributed by atoms with Crippen molar-refractivity contribution in [3.63, 3.8) is 0 Å². The average molecular weight is 426 g/mol. The highest BCUT2D eigenvalue weighted by Gasteiger charge is 2.15. The van der Waals surface area contributed by atoms with Crippen molar-refractivity contribution in [1.29, 1.82) is 0 Å². The Morgan fingerprint density at radius 3 is 2.30 bits per heavy atom. The first-order valence-corrected chi connectivity index (χ1v) is 11.1. The molecule has 9 heteroatoms.